The molecule has 0 aliphatic carbocycles. The fraction of sp³-hybridized carbons (Fsp3) is 0.286. The molecule has 2 aromatic rings. The predicted octanol–water partition coefficient (Wildman–Crippen LogP) is 3.88. The van der Waals surface area contributed by atoms with Gasteiger partial charge in [0.2, 0.25) is 0 Å². The Labute approximate surface area is 117 Å². The second kappa shape index (κ2) is 6.78. The summed E-state index contributed by atoms with van der Waals surface area (Å²) in [7, 11) is 0. The molecular weight excluding hydrogens is 266 g/mol. The lowest BCUT2D eigenvalue weighted by molar-refractivity contribution is 0.314. The van der Waals surface area contributed by atoms with Crippen LogP contribution in [-0.4, -0.2) is 13.2 Å². The van der Waals surface area contributed by atoms with E-state index in [4.69, 9.17) is 16.3 Å². The zero-order chi connectivity index (χ0) is 12.8. The summed E-state index contributed by atoms with van der Waals surface area (Å²) in [6, 6.07) is 10.0. The molecule has 0 radical (unpaired) electrons. The zero-order valence-electron chi connectivity index (χ0n) is 10.3. The van der Waals surface area contributed by atoms with Gasteiger partial charge in [0.05, 0.1) is 5.02 Å². The lowest BCUT2D eigenvalue weighted by atomic mass is 10.2. The molecule has 0 amide bonds. The molecule has 1 N–H and O–H groups in total. The van der Waals surface area contributed by atoms with E-state index in [1.54, 1.807) is 11.3 Å². The van der Waals surface area contributed by atoms with Crippen LogP contribution in [0.15, 0.2) is 35.7 Å². The molecule has 0 bridgehead atoms. The number of halogens is 1. The number of benzene rings is 1. The Morgan fingerprint density at radius 3 is 2.94 bits per heavy atom. The van der Waals surface area contributed by atoms with Gasteiger partial charge in [0.25, 0.3) is 0 Å². The molecule has 1 aromatic carbocycles. The molecule has 4 heteroatoms. The molecule has 2 rings (SSSR count). The second-order valence-electron chi connectivity index (χ2n) is 4.04. The van der Waals surface area contributed by atoms with Crippen molar-refractivity contribution in [3.05, 3.63) is 51.2 Å². The molecule has 2 nitrogen and oxygen atoms in total. The number of nitrogens with one attached hydrogen (secondary N) is 1. The first kappa shape index (κ1) is 13.4. The Bertz CT molecular complexity index is 485. The highest BCUT2D eigenvalue weighted by Crippen LogP contribution is 2.24. The zero-order valence-corrected chi connectivity index (χ0v) is 11.9. The van der Waals surface area contributed by atoms with E-state index >= 15 is 0 Å². The molecule has 0 fully saturated rings. The molecule has 0 aliphatic rings. The van der Waals surface area contributed by atoms with E-state index in [0.717, 1.165) is 24.4 Å². The maximum Gasteiger partial charge on any atom is 0.137 e. The Hall–Kier alpha value is -1.03. The van der Waals surface area contributed by atoms with Crippen molar-refractivity contribution in [2.45, 2.75) is 13.5 Å². The molecule has 0 unspecified atom stereocenters. The van der Waals surface area contributed by atoms with Crippen LogP contribution in [0.4, 0.5) is 0 Å². The van der Waals surface area contributed by atoms with Crippen molar-refractivity contribution in [1.82, 2.24) is 5.32 Å². The van der Waals surface area contributed by atoms with E-state index in [0.29, 0.717) is 11.6 Å². The van der Waals surface area contributed by atoms with E-state index in [-0.39, 0.29) is 0 Å². The number of hydrogen-bond acceptors (Lipinski definition) is 3. The van der Waals surface area contributed by atoms with Gasteiger partial charge in [-0.2, -0.15) is 0 Å². The van der Waals surface area contributed by atoms with Gasteiger partial charge in [-0.05, 0) is 36.1 Å². The minimum absolute atomic E-state index is 0.619. The third-order valence-corrected chi connectivity index (χ3v) is 3.67. The standard InChI is InChI=1S/C14H16ClNOS/c1-11-4-5-14(13(15)9-11)17-7-6-16-10-12-3-2-8-18-12/h2-5,8-9,16H,6-7,10H2,1H3. The third kappa shape index (κ3) is 4.02. The van der Waals surface area contributed by atoms with Crippen LogP contribution in [-0.2, 0) is 6.54 Å². The summed E-state index contributed by atoms with van der Waals surface area (Å²) in [5.74, 6) is 0.750. The number of hydrogen-bond donors (Lipinski definition) is 1. The van der Waals surface area contributed by atoms with Gasteiger partial charge in [0.15, 0.2) is 0 Å². The van der Waals surface area contributed by atoms with Crippen LogP contribution >= 0.6 is 22.9 Å². The number of ether oxygens (including phenoxy) is 1. The lowest BCUT2D eigenvalue weighted by Crippen LogP contribution is -2.20. The van der Waals surface area contributed by atoms with E-state index in [1.165, 1.54) is 4.88 Å². The largest absolute Gasteiger partial charge is 0.491 e. The fourth-order valence-corrected chi connectivity index (χ4v) is 2.54. The van der Waals surface area contributed by atoms with Gasteiger partial charge >= 0.3 is 0 Å². The molecule has 1 heterocycles. The number of aryl methyl sites for hydroxylation is 1. The van der Waals surface area contributed by atoms with Crippen molar-refractivity contribution in [2.24, 2.45) is 0 Å². The predicted molar refractivity (Wildman–Crippen MR) is 77.7 cm³/mol. The molecule has 0 saturated carbocycles. The molecule has 0 atom stereocenters. The Kier molecular flexibility index (Phi) is 5.05. The van der Waals surface area contributed by atoms with Gasteiger partial charge in [0.1, 0.15) is 12.4 Å². The molecule has 1 aromatic heterocycles. The van der Waals surface area contributed by atoms with E-state index in [2.05, 4.69) is 22.8 Å². The number of thiophene rings is 1. The first-order valence-corrected chi connectivity index (χ1v) is 7.13. The summed E-state index contributed by atoms with van der Waals surface area (Å²) in [5.41, 5.74) is 1.14. The molecule has 0 aliphatic heterocycles. The maximum absolute atomic E-state index is 6.08. The van der Waals surface area contributed by atoms with Crippen LogP contribution in [0, 0.1) is 6.92 Å². The van der Waals surface area contributed by atoms with E-state index in [9.17, 15) is 0 Å². The minimum atomic E-state index is 0.619. The van der Waals surface area contributed by atoms with Crippen molar-refractivity contribution in [3.8, 4) is 5.75 Å². The smallest absolute Gasteiger partial charge is 0.137 e. The van der Waals surface area contributed by atoms with Crippen molar-refractivity contribution in [3.63, 3.8) is 0 Å². The normalized spacial score (nSPS) is 10.6. The summed E-state index contributed by atoms with van der Waals surface area (Å²) in [6.45, 7) is 4.33. The Balaban J connectivity index is 1.69. The average molecular weight is 282 g/mol. The molecular formula is C14H16ClNOS. The van der Waals surface area contributed by atoms with Gasteiger partial charge in [0, 0.05) is 18.0 Å². The van der Waals surface area contributed by atoms with E-state index in [1.807, 2.05) is 25.1 Å². The lowest BCUT2D eigenvalue weighted by Gasteiger charge is -2.09. The quantitative estimate of drug-likeness (QED) is 0.812. The van der Waals surface area contributed by atoms with Gasteiger partial charge < -0.3 is 10.1 Å². The summed E-state index contributed by atoms with van der Waals surface area (Å²) in [6.07, 6.45) is 0. The highest BCUT2D eigenvalue weighted by atomic mass is 35.5. The number of rotatable bonds is 6. The summed E-state index contributed by atoms with van der Waals surface area (Å²) in [4.78, 5) is 1.34. The van der Waals surface area contributed by atoms with Crippen molar-refractivity contribution in [1.29, 1.82) is 0 Å². The average Bonchev–Trinajstić information content (AvgIpc) is 2.84. The Morgan fingerprint density at radius 2 is 2.22 bits per heavy atom. The van der Waals surface area contributed by atoms with Crippen LogP contribution in [0.3, 0.4) is 0 Å². The summed E-state index contributed by atoms with van der Waals surface area (Å²) in [5, 5.41) is 6.09. The topological polar surface area (TPSA) is 21.3 Å². The third-order valence-electron chi connectivity index (χ3n) is 2.50. The monoisotopic (exact) mass is 281 g/mol. The van der Waals surface area contributed by atoms with Crippen LogP contribution in [0.5, 0.6) is 5.75 Å². The van der Waals surface area contributed by atoms with Gasteiger partial charge in [-0.15, -0.1) is 11.3 Å². The first-order chi connectivity index (χ1) is 8.75. The molecule has 0 spiro atoms. The minimum Gasteiger partial charge on any atom is -0.491 e. The molecule has 18 heavy (non-hydrogen) atoms. The summed E-state index contributed by atoms with van der Waals surface area (Å²) < 4.78 is 5.62. The Morgan fingerprint density at radius 1 is 1.33 bits per heavy atom. The van der Waals surface area contributed by atoms with Crippen molar-refractivity contribution >= 4 is 22.9 Å². The van der Waals surface area contributed by atoms with Crippen LogP contribution < -0.4 is 10.1 Å². The highest BCUT2D eigenvalue weighted by molar-refractivity contribution is 7.09. The van der Waals surface area contributed by atoms with Crippen LogP contribution in [0.1, 0.15) is 10.4 Å². The highest BCUT2D eigenvalue weighted by Gasteiger charge is 2.01. The summed E-state index contributed by atoms with van der Waals surface area (Å²) >= 11 is 7.84. The molecule has 0 saturated heterocycles. The van der Waals surface area contributed by atoms with Crippen molar-refractivity contribution in [2.75, 3.05) is 13.2 Å². The van der Waals surface area contributed by atoms with Crippen molar-refractivity contribution < 1.29 is 4.74 Å². The van der Waals surface area contributed by atoms with Gasteiger partial charge in [-0.1, -0.05) is 23.7 Å². The van der Waals surface area contributed by atoms with Crippen LogP contribution in [0.2, 0.25) is 5.02 Å². The first-order valence-electron chi connectivity index (χ1n) is 5.88. The maximum atomic E-state index is 6.08. The van der Waals surface area contributed by atoms with E-state index < -0.39 is 0 Å². The second-order valence-corrected chi connectivity index (χ2v) is 5.48. The van der Waals surface area contributed by atoms with Crippen LogP contribution in [0.25, 0.3) is 0 Å². The van der Waals surface area contributed by atoms with Gasteiger partial charge in [-0.3, -0.25) is 0 Å². The van der Waals surface area contributed by atoms with Gasteiger partial charge in [-0.25, -0.2) is 0 Å². The fourth-order valence-electron chi connectivity index (χ4n) is 1.58. The molecule has 96 valence electrons. The SMILES string of the molecule is Cc1ccc(OCCNCc2cccs2)c(Cl)c1.